The first-order valence-electron chi connectivity index (χ1n) is 7.84. The molecule has 1 aromatic carbocycles. The highest BCUT2D eigenvalue weighted by molar-refractivity contribution is 5.68. The van der Waals surface area contributed by atoms with Crippen molar-refractivity contribution in [1.82, 2.24) is 4.90 Å². The van der Waals surface area contributed by atoms with Crippen molar-refractivity contribution in [3.63, 3.8) is 0 Å². The molecule has 23 heavy (non-hydrogen) atoms. The van der Waals surface area contributed by atoms with Gasteiger partial charge in [0.05, 0.1) is 0 Å². The summed E-state index contributed by atoms with van der Waals surface area (Å²) in [6.45, 7) is 6.50. The molecule has 0 aromatic heterocycles. The van der Waals surface area contributed by atoms with Gasteiger partial charge in [-0.05, 0) is 51.2 Å². The molecule has 0 saturated carbocycles. The molecule has 1 heterocycles. The normalized spacial score (nSPS) is 19.7. The van der Waals surface area contributed by atoms with Crippen molar-refractivity contribution in [2.75, 3.05) is 13.1 Å². The number of rotatable bonds is 3. The predicted molar refractivity (Wildman–Crippen MR) is 84.0 cm³/mol. The third kappa shape index (κ3) is 4.64. The quantitative estimate of drug-likeness (QED) is 0.928. The van der Waals surface area contributed by atoms with Gasteiger partial charge < -0.3 is 15.4 Å². The Morgan fingerprint density at radius 2 is 2.13 bits per heavy atom. The Labute approximate surface area is 135 Å². The minimum Gasteiger partial charge on any atom is -0.444 e. The molecule has 2 atom stereocenters. The number of nitrogens with zero attached hydrogens (tertiary/aromatic N) is 1. The fraction of sp³-hybridized carbons (Fsp3) is 0.588. The molecular weight excluding hydrogens is 302 g/mol. The maximum absolute atomic E-state index is 13.7. The van der Waals surface area contributed by atoms with Crippen molar-refractivity contribution in [3.8, 4) is 0 Å². The van der Waals surface area contributed by atoms with Crippen LogP contribution in [0.2, 0.25) is 0 Å². The molecule has 128 valence electrons. The summed E-state index contributed by atoms with van der Waals surface area (Å²) in [5, 5.41) is 0. The van der Waals surface area contributed by atoms with Crippen molar-refractivity contribution in [2.24, 2.45) is 11.7 Å². The van der Waals surface area contributed by atoms with E-state index in [1.807, 2.05) is 20.8 Å². The van der Waals surface area contributed by atoms with Crippen LogP contribution in [0.15, 0.2) is 18.2 Å². The molecule has 0 spiro atoms. The zero-order chi connectivity index (χ0) is 17.2. The third-order valence-corrected chi connectivity index (χ3v) is 3.97. The molecule has 1 aliphatic heterocycles. The van der Waals surface area contributed by atoms with Gasteiger partial charge in [-0.25, -0.2) is 13.6 Å². The molecule has 6 heteroatoms. The van der Waals surface area contributed by atoms with Crippen LogP contribution < -0.4 is 5.73 Å². The highest BCUT2D eigenvalue weighted by atomic mass is 19.2. The van der Waals surface area contributed by atoms with Crippen molar-refractivity contribution < 1.29 is 18.3 Å². The SMILES string of the molecule is CC(C)(C)OC(=O)N1CCC(C(N)Cc2cccc(F)c2F)C1. The predicted octanol–water partition coefficient (Wildman–Crippen LogP) is 3.09. The van der Waals surface area contributed by atoms with Crippen LogP contribution in [0.3, 0.4) is 0 Å². The minimum atomic E-state index is -0.864. The Morgan fingerprint density at radius 3 is 2.78 bits per heavy atom. The summed E-state index contributed by atoms with van der Waals surface area (Å²) < 4.78 is 32.3. The first-order valence-corrected chi connectivity index (χ1v) is 7.84. The summed E-state index contributed by atoms with van der Waals surface area (Å²) in [4.78, 5) is 13.7. The largest absolute Gasteiger partial charge is 0.444 e. The van der Waals surface area contributed by atoms with Crippen molar-refractivity contribution in [3.05, 3.63) is 35.4 Å². The fourth-order valence-electron chi connectivity index (χ4n) is 2.76. The molecule has 0 aliphatic carbocycles. The van der Waals surface area contributed by atoms with Gasteiger partial charge in [0.2, 0.25) is 0 Å². The number of carbonyl (C=O) groups is 1. The number of hydrogen-bond acceptors (Lipinski definition) is 3. The number of carbonyl (C=O) groups excluding carboxylic acids is 1. The second kappa shape index (κ2) is 6.83. The average molecular weight is 326 g/mol. The molecular formula is C17H24F2N2O2. The third-order valence-electron chi connectivity index (χ3n) is 3.97. The summed E-state index contributed by atoms with van der Waals surface area (Å²) in [6.07, 6.45) is 0.623. The summed E-state index contributed by atoms with van der Waals surface area (Å²) in [7, 11) is 0. The van der Waals surface area contributed by atoms with E-state index in [-0.39, 0.29) is 30.0 Å². The van der Waals surface area contributed by atoms with Gasteiger partial charge in [-0.2, -0.15) is 0 Å². The molecule has 1 amide bonds. The molecule has 1 saturated heterocycles. The van der Waals surface area contributed by atoms with Gasteiger partial charge in [0.15, 0.2) is 11.6 Å². The van der Waals surface area contributed by atoms with Crippen LogP contribution in [-0.2, 0) is 11.2 Å². The number of amides is 1. The Morgan fingerprint density at radius 1 is 1.43 bits per heavy atom. The topological polar surface area (TPSA) is 55.6 Å². The number of hydrogen-bond donors (Lipinski definition) is 1. The van der Waals surface area contributed by atoms with Gasteiger partial charge in [0.1, 0.15) is 5.60 Å². The maximum Gasteiger partial charge on any atom is 0.410 e. The molecule has 2 rings (SSSR count). The minimum absolute atomic E-state index is 0.0465. The summed E-state index contributed by atoms with van der Waals surface area (Å²) >= 11 is 0. The average Bonchev–Trinajstić information content (AvgIpc) is 2.92. The lowest BCUT2D eigenvalue weighted by Gasteiger charge is -2.25. The highest BCUT2D eigenvalue weighted by Gasteiger charge is 2.33. The Hall–Kier alpha value is -1.69. The fourth-order valence-corrected chi connectivity index (χ4v) is 2.76. The van der Waals surface area contributed by atoms with Crippen molar-refractivity contribution >= 4 is 6.09 Å². The van der Waals surface area contributed by atoms with Gasteiger partial charge >= 0.3 is 6.09 Å². The van der Waals surface area contributed by atoms with Crippen LogP contribution in [0, 0.1) is 17.6 Å². The van der Waals surface area contributed by atoms with E-state index in [0.29, 0.717) is 13.1 Å². The lowest BCUT2D eigenvalue weighted by atomic mass is 9.93. The van der Waals surface area contributed by atoms with Crippen LogP contribution in [0.25, 0.3) is 0 Å². The van der Waals surface area contributed by atoms with Gasteiger partial charge in [-0.15, -0.1) is 0 Å². The van der Waals surface area contributed by atoms with Crippen LogP contribution in [0.5, 0.6) is 0 Å². The van der Waals surface area contributed by atoms with Crippen LogP contribution in [-0.4, -0.2) is 35.7 Å². The lowest BCUT2D eigenvalue weighted by molar-refractivity contribution is 0.0286. The molecule has 1 fully saturated rings. The highest BCUT2D eigenvalue weighted by Crippen LogP contribution is 2.24. The molecule has 0 radical (unpaired) electrons. The van der Waals surface area contributed by atoms with E-state index < -0.39 is 17.2 Å². The maximum atomic E-state index is 13.7. The van der Waals surface area contributed by atoms with Crippen molar-refractivity contribution in [1.29, 1.82) is 0 Å². The second-order valence-electron chi connectivity index (χ2n) is 7.06. The second-order valence-corrected chi connectivity index (χ2v) is 7.06. The zero-order valence-electron chi connectivity index (χ0n) is 13.8. The van der Waals surface area contributed by atoms with E-state index in [4.69, 9.17) is 10.5 Å². The van der Waals surface area contributed by atoms with E-state index in [9.17, 15) is 13.6 Å². The van der Waals surface area contributed by atoms with Crippen molar-refractivity contribution in [2.45, 2.75) is 45.3 Å². The van der Waals surface area contributed by atoms with E-state index in [0.717, 1.165) is 12.5 Å². The Bertz CT molecular complexity index is 572. The number of benzene rings is 1. The first-order chi connectivity index (χ1) is 10.7. The number of halogens is 2. The zero-order valence-corrected chi connectivity index (χ0v) is 13.8. The standard InChI is InChI=1S/C17H24F2N2O2/c1-17(2,3)23-16(22)21-8-7-12(10-21)14(20)9-11-5-4-6-13(18)15(11)19/h4-6,12,14H,7-10,20H2,1-3H3. The molecule has 2 N–H and O–H groups in total. The molecule has 1 aromatic rings. The van der Waals surface area contributed by atoms with Gasteiger partial charge in [-0.1, -0.05) is 12.1 Å². The van der Waals surface area contributed by atoms with Crippen LogP contribution in [0.1, 0.15) is 32.8 Å². The molecule has 1 aliphatic rings. The molecule has 0 bridgehead atoms. The van der Waals surface area contributed by atoms with Gasteiger partial charge in [0.25, 0.3) is 0 Å². The number of likely N-dealkylation sites (tertiary alicyclic amines) is 1. The Kier molecular flexibility index (Phi) is 5.24. The summed E-state index contributed by atoms with van der Waals surface area (Å²) in [5.41, 5.74) is 5.88. The van der Waals surface area contributed by atoms with E-state index in [1.54, 1.807) is 11.0 Å². The van der Waals surface area contributed by atoms with E-state index >= 15 is 0 Å². The summed E-state index contributed by atoms with van der Waals surface area (Å²) in [5.74, 6) is -1.66. The molecule has 4 nitrogen and oxygen atoms in total. The van der Waals surface area contributed by atoms with Crippen LogP contribution in [0.4, 0.5) is 13.6 Å². The molecule has 2 unspecified atom stereocenters. The summed E-state index contributed by atoms with van der Waals surface area (Å²) in [6, 6.07) is 3.77. The van der Waals surface area contributed by atoms with E-state index in [1.165, 1.54) is 6.07 Å². The number of nitrogens with two attached hydrogens (primary N) is 1. The van der Waals surface area contributed by atoms with Gasteiger partial charge in [0, 0.05) is 19.1 Å². The smallest absolute Gasteiger partial charge is 0.410 e. The first kappa shape index (κ1) is 17.7. The monoisotopic (exact) mass is 326 g/mol. The van der Waals surface area contributed by atoms with E-state index in [2.05, 4.69) is 0 Å². The van der Waals surface area contributed by atoms with Crippen LogP contribution >= 0.6 is 0 Å². The Balaban J connectivity index is 1.93. The number of ether oxygens (including phenoxy) is 1. The lowest BCUT2D eigenvalue weighted by Crippen LogP contribution is -2.38. The van der Waals surface area contributed by atoms with Gasteiger partial charge in [-0.3, -0.25) is 0 Å².